The van der Waals surface area contributed by atoms with Crippen LogP contribution in [-0.2, 0) is 10.2 Å². The molecular formula is C25H28BrFN2O2. The fraction of sp³-hybridized carbons (Fsp3) is 0.400. The molecule has 1 aliphatic rings. The van der Waals surface area contributed by atoms with E-state index in [4.69, 9.17) is 4.42 Å². The quantitative estimate of drug-likeness (QED) is 0.494. The largest absolute Gasteiger partial charge is 0.464 e. The Hall–Kier alpha value is -2.18. The monoisotopic (exact) mass is 486 g/mol. The molecule has 1 aliphatic heterocycles. The van der Waals surface area contributed by atoms with Crippen LogP contribution in [0.4, 0.5) is 4.39 Å². The lowest BCUT2D eigenvalue weighted by atomic mass is 9.64. The highest BCUT2D eigenvalue weighted by Crippen LogP contribution is 2.42. The summed E-state index contributed by atoms with van der Waals surface area (Å²) < 4.78 is 20.2. The zero-order chi connectivity index (χ0) is 22.2. The summed E-state index contributed by atoms with van der Waals surface area (Å²) in [7, 11) is 2.10. The molecule has 2 unspecified atom stereocenters. The first-order valence-electron chi connectivity index (χ1n) is 10.7. The Morgan fingerprint density at radius 1 is 1.16 bits per heavy atom. The highest BCUT2D eigenvalue weighted by atomic mass is 79.9. The lowest BCUT2D eigenvalue weighted by Crippen LogP contribution is -2.50. The van der Waals surface area contributed by atoms with Gasteiger partial charge in [0.2, 0.25) is 5.91 Å². The number of nitrogens with zero attached hydrogens (tertiary/aromatic N) is 1. The molecule has 6 heteroatoms. The summed E-state index contributed by atoms with van der Waals surface area (Å²) in [5.41, 5.74) is 2.44. The number of halogens is 2. The fourth-order valence-electron chi connectivity index (χ4n) is 4.83. The van der Waals surface area contributed by atoms with Crippen molar-refractivity contribution in [2.45, 2.75) is 38.1 Å². The van der Waals surface area contributed by atoms with Gasteiger partial charge in [-0.15, -0.1) is 0 Å². The van der Waals surface area contributed by atoms with Crippen LogP contribution in [-0.4, -0.2) is 30.9 Å². The van der Waals surface area contributed by atoms with Gasteiger partial charge in [0.05, 0.1) is 12.3 Å². The molecule has 1 saturated heterocycles. The number of nitrogens with one attached hydrogen (secondary N) is 1. The summed E-state index contributed by atoms with van der Waals surface area (Å²) in [6, 6.07) is 12.4. The number of benzene rings is 2. The number of carbonyl (C=O) groups is 1. The molecule has 0 spiro atoms. The van der Waals surface area contributed by atoms with Crippen LogP contribution in [0, 0.1) is 11.7 Å². The van der Waals surface area contributed by atoms with Crippen molar-refractivity contribution in [2.24, 2.45) is 5.92 Å². The van der Waals surface area contributed by atoms with Crippen molar-refractivity contribution in [2.75, 3.05) is 20.1 Å². The number of piperidine rings is 1. The van der Waals surface area contributed by atoms with Gasteiger partial charge in [-0.1, -0.05) is 35.0 Å². The molecule has 2 aromatic carbocycles. The van der Waals surface area contributed by atoms with Crippen molar-refractivity contribution < 1.29 is 13.6 Å². The topological polar surface area (TPSA) is 45.5 Å². The molecule has 31 heavy (non-hydrogen) atoms. The first kappa shape index (κ1) is 22.0. The molecule has 0 radical (unpaired) electrons. The summed E-state index contributed by atoms with van der Waals surface area (Å²) in [5, 5.41) is 4.21. The average Bonchev–Trinajstić information content (AvgIpc) is 3.22. The summed E-state index contributed by atoms with van der Waals surface area (Å²) in [6.07, 6.45) is 3.38. The number of hydrogen-bond donors (Lipinski definition) is 1. The average molecular weight is 487 g/mol. The Morgan fingerprint density at radius 2 is 1.84 bits per heavy atom. The second-order valence-electron chi connectivity index (χ2n) is 8.75. The first-order valence-corrected chi connectivity index (χ1v) is 11.5. The molecule has 0 bridgehead atoms. The second-order valence-corrected chi connectivity index (χ2v) is 9.67. The van der Waals surface area contributed by atoms with Crippen LogP contribution < -0.4 is 5.32 Å². The van der Waals surface area contributed by atoms with Crippen LogP contribution in [0.2, 0.25) is 0 Å². The minimum absolute atomic E-state index is 0.000981. The van der Waals surface area contributed by atoms with Gasteiger partial charge in [0.25, 0.3) is 0 Å². The number of furan rings is 1. The SMILES string of the molecule is CC(NC(=O)C(C)C1(c2ccc(F)cc2)CCN(C)CC1)c1cc(Br)cc2ccoc12. The van der Waals surface area contributed by atoms with E-state index in [2.05, 4.69) is 33.2 Å². The normalized spacial score (nSPS) is 18.6. The maximum atomic E-state index is 13.6. The highest BCUT2D eigenvalue weighted by Gasteiger charge is 2.43. The van der Waals surface area contributed by atoms with Crippen molar-refractivity contribution >= 4 is 32.8 Å². The lowest BCUT2D eigenvalue weighted by molar-refractivity contribution is -0.128. The van der Waals surface area contributed by atoms with Crippen molar-refractivity contribution in [3.63, 3.8) is 0 Å². The van der Waals surface area contributed by atoms with Crippen LogP contribution in [0.15, 0.2) is 57.6 Å². The Bertz CT molecular complexity index is 1070. The Kier molecular flexibility index (Phi) is 6.22. The van der Waals surface area contributed by atoms with Gasteiger partial charge in [-0.3, -0.25) is 4.79 Å². The van der Waals surface area contributed by atoms with E-state index in [0.29, 0.717) is 0 Å². The van der Waals surface area contributed by atoms with E-state index in [1.54, 1.807) is 6.26 Å². The van der Waals surface area contributed by atoms with Crippen LogP contribution in [0.5, 0.6) is 0 Å². The number of likely N-dealkylation sites (tertiary alicyclic amines) is 1. The van der Waals surface area contributed by atoms with E-state index in [-0.39, 0.29) is 29.1 Å². The molecule has 2 atom stereocenters. The van der Waals surface area contributed by atoms with E-state index in [1.165, 1.54) is 12.1 Å². The van der Waals surface area contributed by atoms with Gasteiger partial charge in [0.1, 0.15) is 11.4 Å². The smallest absolute Gasteiger partial charge is 0.224 e. The Labute approximate surface area is 190 Å². The molecule has 0 aliphatic carbocycles. The van der Waals surface area contributed by atoms with Gasteiger partial charge in [-0.05, 0) is 75.8 Å². The Balaban J connectivity index is 1.61. The van der Waals surface area contributed by atoms with Crippen LogP contribution in [0.1, 0.15) is 43.9 Å². The zero-order valence-corrected chi connectivity index (χ0v) is 19.7. The van der Waals surface area contributed by atoms with Gasteiger partial charge in [0.15, 0.2) is 0 Å². The highest BCUT2D eigenvalue weighted by molar-refractivity contribution is 9.10. The van der Waals surface area contributed by atoms with Gasteiger partial charge >= 0.3 is 0 Å². The maximum Gasteiger partial charge on any atom is 0.224 e. The zero-order valence-electron chi connectivity index (χ0n) is 18.1. The summed E-state index contributed by atoms with van der Waals surface area (Å²) in [4.78, 5) is 15.8. The first-order chi connectivity index (χ1) is 14.8. The number of fused-ring (bicyclic) bond motifs is 1. The summed E-state index contributed by atoms with van der Waals surface area (Å²) in [6.45, 7) is 5.79. The van der Waals surface area contributed by atoms with Crippen molar-refractivity contribution in [1.82, 2.24) is 10.2 Å². The van der Waals surface area contributed by atoms with E-state index in [9.17, 15) is 9.18 Å². The molecule has 1 amide bonds. The number of amides is 1. The molecule has 3 aromatic rings. The van der Waals surface area contributed by atoms with Crippen molar-refractivity contribution in [1.29, 1.82) is 0 Å². The number of rotatable bonds is 5. The third kappa shape index (κ3) is 4.28. The molecule has 164 valence electrons. The number of hydrogen-bond acceptors (Lipinski definition) is 3. The third-order valence-electron chi connectivity index (χ3n) is 6.89. The van der Waals surface area contributed by atoms with E-state index >= 15 is 0 Å². The molecule has 2 heterocycles. The molecule has 0 saturated carbocycles. The minimum Gasteiger partial charge on any atom is -0.464 e. The van der Waals surface area contributed by atoms with Gasteiger partial charge in [-0.2, -0.15) is 0 Å². The van der Waals surface area contributed by atoms with E-state index < -0.39 is 0 Å². The standard InChI is InChI=1S/C25H28BrFN2O2/c1-16(25(9-11-29(3)12-10-25)19-4-6-21(27)7-5-19)24(30)28-17(2)22-15-20(26)14-18-8-13-31-23(18)22/h4-8,13-17H,9-12H2,1-3H3,(H,28,30). The van der Waals surface area contributed by atoms with Gasteiger partial charge in [-0.25, -0.2) is 4.39 Å². The van der Waals surface area contributed by atoms with Gasteiger partial charge in [0, 0.05) is 26.8 Å². The molecule has 1 N–H and O–H groups in total. The lowest BCUT2D eigenvalue weighted by Gasteiger charge is -2.45. The van der Waals surface area contributed by atoms with Crippen LogP contribution in [0.3, 0.4) is 0 Å². The van der Waals surface area contributed by atoms with Gasteiger partial charge < -0.3 is 14.6 Å². The summed E-state index contributed by atoms with van der Waals surface area (Å²) in [5.74, 6) is -0.510. The molecule has 1 fully saturated rings. The van der Waals surface area contributed by atoms with Crippen molar-refractivity contribution in [3.05, 3.63) is 70.1 Å². The van der Waals surface area contributed by atoms with E-state index in [1.807, 2.05) is 44.2 Å². The second kappa shape index (κ2) is 8.75. The third-order valence-corrected chi connectivity index (χ3v) is 7.35. The van der Waals surface area contributed by atoms with E-state index in [0.717, 1.165) is 52.5 Å². The molecule has 1 aromatic heterocycles. The predicted molar refractivity (Wildman–Crippen MR) is 124 cm³/mol. The predicted octanol–water partition coefficient (Wildman–Crippen LogP) is 5.81. The van der Waals surface area contributed by atoms with Crippen LogP contribution >= 0.6 is 15.9 Å². The fourth-order valence-corrected chi connectivity index (χ4v) is 5.32. The molecular weight excluding hydrogens is 459 g/mol. The minimum atomic E-state index is -0.318. The Morgan fingerprint density at radius 3 is 2.52 bits per heavy atom. The van der Waals surface area contributed by atoms with Crippen molar-refractivity contribution in [3.8, 4) is 0 Å². The number of carbonyl (C=O) groups excluding carboxylic acids is 1. The maximum absolute atomic E-state index is 13.6. The molecule has 4 nitrogen and oxygen atoms in total. The summed E-state index contributed by atoms with van der Waals surface area (Å²) >= 11 is 3.55. The van der Waals surface area contributed by atoms with Crippen LogP contribution in [0.25, 0.3) is 11.0 Å². The molecule has 4 rings (SSSR count).